The summed E-state index contributed by atoms with van der Waals surface area (Å²) in [4.78, 5) is 22.7. The molecule has 1 saturated heterocycles. The summed E-state index contributed by atoms with van der Waals surface area (Å²) in [6.07, 6.45) is 3.50. The molecule has 34 heavy (non-hydrogen) atoms. The Balaban J connectivity index is 1.42. The van der Waals surface area contributed by atoms with Crippen LogP contribution in [0.15, 0.2) is 42.7 Å². The smallest absolute Gasteiger partial charge is 0.320 e. The highest BCUT2D eigenvalue weighted by molar-refractivity contribution is 5.93. The van der Waals surface area contributed by atoms with Crippen LogP contribution in [-0.2, 0) is 9.53 Å². The number of methoxy groups -OCH3 is 1. The average Bonchev–Trinajstić information content (AvgIpc) is 2.83. The van der Waals surface area contributed by atoms with Gasteiger partial charge in [-0.25, -0.2) is 9.97 Å². The molecule has 0 spiro atoms. The molecule has 0 aliphatic carbocycles. The lowest BCUT2D eigenvalue weighted by molar-refractivity contribution is -0.144. The van der Waals surface area contributed by atoms with Crippen molar-refractivity contribution in [2.24, 2.45) is 5.92 Å². The molecular weight excluding hydrogens is 432 g/mol. The van der Waals surface area contributed by atoms with E-state index < -0.39 is 0 Å². The lowest BCUT2D eigenvalue weighted by atomic mass is 9.98. The van der Waals surface area contributed by atoms with Crippen molar-refractivity contribution in [1.82, 2.24) is 14.9 Å². The van der Waals surface area contributed by atoms with Crippen LogP contribution in [0.4, 0.5) is 11.5 Å². The first-order valence-corrected chi connectivity index (χ1v) is 11.7. The molecule has 1 aromatic heterocycles. The maximum Gasteiger partial charge on any atom is 0.320 e. The quantitative estimate of drug-likeness (QED) is 0.468. The highest BCUT2D eigenvalue weighted by atomic mass is 16.5. The highest BCUT2D eigenvalue weighted by Crippen LogP contribution is 2.35. The molecule has 0 atom stereocenters. The van der Waals surface area contributed by atoms with Gasteiger partial charge in [0.25, 0.3) is 0 Å². The van der Waals surface area contributed by atoms with Gasteiger partial charge in [-0.15, -0.1) is 0 Å². The second-order valence-corrected chi connectivity index (χ2v) is 8.57. The fourth-order valence-electron chi connectivity index (χ4n) is 4.20. The predicted molar refractivity (Wildman–Crippen MR) is 132 cm³/mol. The summed E-state index contributed by atoms with van der Waals surface area (Å²) in [7, 11) is 1.64. The third-order valence-electron chi connectivity index (χ3n) is 6.04. The van der Waals surface area contributed by atoms with Crippen LogP contribution in [0.25, 0.3) is 10.9 Å². The Morgan fingerprint density at radius 1 is 1.15 bits per heavy atom. The lowest BCUT2D eigenvalue weighted by Crippen LogP contribution is -2.39. The molecule has 8 nitrogen and oxygen atoms in total. The first-order chi connectivity index (χ1) is 16.6. The number of fused-ring (bicyclic) bond motifs is 1. The largest absolute Gasteiger partial charge is 0.493 e. The van der Waals surface area contributed by atoms with Crippen LogP contribution in [0.2, 0.25) is 0 Å². The van der Waals surface area contributed by atoms with Crippen LogP contribution in [0.1, 0.15) is 25.3 Å². The molecule has 1 fully saturated rings. The van der Waals surface area contributed by atoms with Gasteiger partial charge < -0.3 is 19.5 Å². The van der Waals surface area contributed by atoms with Crippen LogP contribution >= 0.6 is 0 Å². The molecule has 2 heterocycles. The predicted octanol–water partition coefficient (Wildman–Crippen LogP) is 4.34. The van der Waals surface area contributed by atoms with Crippen LogP contribution in [0.5, 0.6) is 11.5 Å². The molecule has 0 unspecified atom stereocenters. The Morgan fingerprint density at radius 2 is 1.97 bits per heavy atom. The summed E-state index contributed by atoms with van der Waals surface area (Å²) >= 11 is 0. The standard InChI is InChI=1S/C26H32N4O4/c1-4-33-25(31)15-30-10-8-19(9-11-30)16-34-24-14-22-21(13-23(24)32-3)26(28-17-27-22)29-20-7-5-6-18(2)12-20/h5-7,12-14,17,19H,4,8-11,15-16H2,1-3H3,(H,27,28,29). The fraction of sp³-hybridized carbons (Fsp3) is 0.423. The van der Waals surface area contributed by atoms with Crippen molar-refractivity contribution in [2.45, 2.75) is 26.7 Å². The second kappa shape index (κ2) is 11.2. The molecule has 0 saturated carbocycles. The van der Waals surface area contributed by atoms with E-state index in [1.165, 1.54) is 5.56 Å². The number of nitrogens with one attached hydrogen (secondary N) is 1. The number of esters is 1. The van der Waals surface area contributed by atoms with Gasteiger partial charge in [0, 0.05) is 17.1 Å². The summed E-state index contributed by atoms with van der Waals surface area (Å²) in [5.41, 5.74) is 2.92. The number of piperidine rings is 1. The lowest BCUT2D eigenvalue weighted by Gasteiger charge is -2.31. The van der Waals surface area contributed by atoms with Crippen LogP contribution < -0.4 is 14.8 Å². The normalized spacial score (nSPS) is 14.7. The summed E-state index contributed by atoms with van der Waals surface area (Å²) in [6.45, 7) is 6.99. The summed E-state index contributed by atoms with van der Waals surface area (Å²) in [5, 5.41) is 4.24. The Bertz CT molecular complexity index is 1130. The van der Waals surface area contributed by atoms with Gasteiger partial charge in [0.2, 0.25) is 0 Å². The number of rotatable bonds is 9. The highest BCUT2D eigenvalue weighted by Gasteiger charge is 2.22. The number of likely N-dealkylation sites (tertiary alicyclic amines) is 1. The first kappa shape index (κ1) is 23.8. The summed E-state index contributed by atoms with van der Waals surface area (Å²) in [6, 6.07) is 12.0. The molecule has 8 heteroatoms. The van der Waals surface area contributed by atoms with Crippen molar-refractivity contribution in [1.29, 1.82) is 0 Å². The van der Waals surface area contributed by atoms with Crippen LogP contribution in [0, 0.1) is 12.8 Å². The number of benzene rings is 2. The number of carbonyl (C=O) groups excluding carboxylic acids is 1. The van der Waals surface area contributed by atoms with E-state index in [0.717, 1.165) is 48.3 Å². The molecule has 2 aromatic carbocycles. The Kier molecular flexibility index (Phi) is 7.80. The van der Waals surface area contributed by atoms with Crippen LogP contribution in [-0.4, -0.2) is 60.8 Å². The van der Waals surface area contributed by atoms with Crippen LogP contribution in [0.3, 0.4) is 0 Å². The van der Waals surface area contributed by atoms with E-state index in [0.29, 0.717) is 37.2 Å². The van der Waals surface area contributed by atoms with Gasteiger partial charge in [-0.1, -0.05) is 12.1 Å². The Hall–Kier alpha value is -3.39. The third-order valence-corrected chi connectivity index (χ3v) is 6.04. The van der Waals surface area contributed by atoms with Gasteiger partial charge >= 0.3 is 5.97 Å². The van der Waals surface area contributed by atoms with Crippen molar-refractivity contribution in [2.75, 3.05) is 45.3 Å². The maximum absolute atomic E-state index is 11.7. The van der Waals surface area contributed by atoms with Gasteiger partial charge in [0.05, 0.1) is 32.4 Å². The zero-order chi connectivity index (χ0) is 23.9. The molecule has 4 rings (SSSR count). The molecule has 0 bridgehead atoms. The molecule has 0 amide bonds. The monoisotopic (exact) mass is 464 g/mol. The Morgan fingerprint density at radius 3 is 2.71 bits per heavy atom. The maximum atomic E-state index is 11.7. The zero-order valence-electron chi connectivity index (χ0n) is 20.0. The van der Waals surface area contributed by atoms with E-state index in [4.69, 9.17) is 14.2 Å². The van der Waals surface area contributed by atoms with Crippen molar-refractivity contribution < 1.29 is 19.0 Å². The molecule has 180 valence electrons. The molecule has 3 aromatic rings. The number of nitrogens with zero attached hydrogens (tertiary/aromatic N) is 3. The summed E-state index contributed by atoms with van der Waals surface area (Å²) < 4.78 is 16.9. The number of hydrogen-bond donors (Lipinski definition) is 1. The van der Waals surface area contributed by atoms with Gasteiger partial charge in [0.1, 0.15) is 12.1 Å². The number of carbonyl (C=O) groups is 1. The van der Waals surface area contributed by atoms with Gasteiger partial charge in [-0.05, 0) is 69.5 Å². The topological polar surface area (TPSA) is 85.8 Å². The number of ether oxygens (including phenoxy) is 3. The van der Waals surface area contributed by atoms with Crippen molar-refractivity contribution in [3.05, 3.63) is 48.3 Å². The van der Waals surface area contributed by atoms with Gasteiger partial charge in [-0.3, -0.25) is 9.69 Å². The minimum atomic E-state index is -0.156. The minimum absolute atomic E-state index is 0.156. The third kappa shape index (κ3) is 5.94. The van der Waals surface area contributed by atoms with E-state index in [-0.39, 0.29) is 5.97 Å². The Labute approximate surface area is 200 Å². The number of anilines is 2. The minimum Gasteiger partial charge on any atom is -0.493 e. The van der Waals surface area contributed by atoms with Crippen molar-refractivity contribution in [3.8, 4) is 11.5 Å². The van der Waals surface area contributed by atoms with E-state index >= 15 is 0 Å². The second-order valence-electron chi connectivity index (χ2n) is 8.57. The molecule has 0 radical (unpaired) electrons. The molecule has 1 N–H and O–H groups in total. The number of aryl methyl sites for hydroxylation is 1. The van der Waals surface area contributed by atoms with E-state index in [1.54, 1.807) is 13.4 Å². The number of hydrogen-bond acceptors (Lipinski definition) is 8. The molecule has 1 aliphatic rings. The SMILES string of the molecule is CCOC(=O)CN1CCC(COc2cc3ncnc(Nc4cccc(C)c4)c3cc2OC)CC1. The van der Waals surface area contributed by atoms with Crippen molar-refractivity contribution in [3.63, 3.8) is 0 Å². The van der Waals surface area contributed by atoms with E-state index in [1.807, 2.05) is 31.2 Å². The van der Waals surface area contributed by atoms with Crippen molar-refractivity contribution >= 4 is 28.4 Å². The summed E-state index contributed by atoms with van der Waals surface area (Å²) in [5.74, 6) is 2.30. The fourth-order valence-corrected chi connectivity index (χ4v) is 4.20. The van der Waals surface area contributed by atoms with Gasteiger partial charge in [0.15, 0.2) is 11.5 Å². The average molecular weight is 465 g/mol. The van der Waals surface area contributed by atoms with E-state index in [2.05, 4.69) is 39.2 Å². The molecular formula is C26H32N4O4. The first-order valence-electron chi connectivity index (χ1n) is 11.7. The van der Waals surface area contributed by atoms with E-state index in [9.17, 15) is 4.79 Å². The number of aromatic nitrogens is 2. The van der Waals surface area contributed by atoms with Gasteiger partial charge in [-0.2, -0.15) is 0 Å². The zero-order valence-corrected chi connectivity index (χ0v) is 20.0. The molecule has 1 aliphatic heterocycles.